The van der Waals surface area contributed by atoms with E-state index in [2.05, 4.69) is 35.8 Å². The SMILES string of the molecule is COc1cc(S(=O)(=O)N2CCC(c3nc4c(nnn4Cc4cccc(Cl)c4)c(=O)[nH]3)CC2)ccc1-n1cnnn1. The van der Waals surface area contributed by atoms with Gasteiger partial charge in [0.05, 0.1) is 18.6 Å². The summed E-state index contributed by atoms with van der Waals surface area (Å²) in [6.45, 7) is 0.858. The molecule has 0 atom stereocenters. The van der Waals surface area contributed by atoms with Gasteiger partial charge in [-0.3, -0.25) is 4.79 Å². The van der Waals surface area contributed by atoms with Gasteiger partial charge in [-0.2, -0.15) is 8.99 Å². The summed E-state index contributed by atoms with van der Waals surface area (Å²) in [6.07, 6.45) is 2.35. The van der Waals surface area contributed by atoms with Crippen LogP contribution in [-0.2, 0) is 16.6 Å². The Balaban J connectivity index is 1.21. The highest BCUT2D eigenvalue weighted by atomic mass is 35.5. The molecular formula is C24H23ClN10O4S. The van der Waals surface area contributed by atoms with Gasteiger partial charge in [0.15, 0.2) is 11.2 Å². The van der Waals surface area contributed by atoms with E-state index in [1.54, 1.807) is 16.8 Å². The number of hydrogen-bond acceptors (Lipinski definition) is 10. The first-order chi connectivity index (χ1) is 19.3. The molecule has 0 unspecified atom stereocenters. The lowest BCUT2D eigenvalue weighted by Gasteiger charge is -2.30. The van der Waals surface area contributed by atoms with E-state index in [4.69, 9.17) is 16.3 Å². The fourth-order valence-corrected chi connectivity index (χ4v) is 6.49. The second-order valence-corrected chi connectivity index (χ2v) is 11.6. The van der Waals surface area contributed by atoms with Crippen molar-refractivity contribution in [1.29, 1.82) is 0 Å². The zero-order valence-corrected chi connectivity index (χ0v) is 22.7. The van der Waals surface area contributed by atoms with Crippen molar-refractivity contribution in [2.45, 2.75) is 30.2 Å². The van der Waals surface area contributed by atoms with Crippen LogP contribution in [0.3, 0.4) is 0 Å². The Labute approximate surface area is 232 Å². The maximum absolute atomic E-state index is 13.5. The number of tetrazole rings is 1. The fraction of sp³-hybridized carbons (Fsp3) is 0.292. The van der Waals surface area contributed by atoms with Gasteiger partial charge in [-0.1, -0.05) is 28.9 Å². The molecule has 1 aliphatic heterocycles. The van der Waals surface area contributed by atoms with Crippen molar-refractivity contribution in [1.82, 2.24) is 49.5 Å². The molecular weight excluding hydrogens is 560 g/mol. The van der Waals surface area contributed by atoms with Gasteiger partial charge in [0.2, 0.25) is 10.0 Å². The highest BCUT2D eigenvalue weighted by Crippen LogP contribution is 2.32. The smallest absolute Gasteiger partial charge is 0.281 e. The van der Waals surface area contributed by atoms with Crippen LogP contribution in [0.1, 0.15) is 30.1 Å². The molecule has 2 aromatic carbocycles. The van der Waals surface area contributed by atoms with Crippen molar-refractivity contribution in [2.24, 2.45) is 0 Å². The van der Waals surface area contributed by atoms with E-state index in [1.807, 2.05) is 18.2 Å². The van der Waals surface area contributed by atoms with Gasteiger partial charge >= 0.3 is 0 Å². The number of nitrogens with zero attached hydrogens (tertiary/aromatic N) is 9. The van der Waals surface area contributed by atoms with Gasteiger partial charge in [-0.25, -0.2) is 18.1 Å². The number of H-pyrrole nitrogens is 1. The lowest BCUT2D eigenvalue weighted by Crippen LogP contribution is -2.38. The first-order valence-corrected chi connectivity index (χ1v) is 14.1. The van der Waals surface area contributed by atoms with Crippen LogP contribution in [0.5, 0.6) is 5.75 Å². The Kier molecular flexibility index (Phi) is 6.77. The Morgan fingerprint density at radius 2 is 1.95 bits per heavy atom. The van der Waals surface area contributed by atoms with E-state index >= 15 is 0 Å². The molecule has 1 saturated heterocycles. The van der Waals surface area contributed by atoms with Crippen LogP contribution >= 0.6 is 11.6 Å². The van der Waals surface area contributed by atoms with E-state index in [0.29, 0.717) is 47.3 Å². The molecule has 16 heteroatoms. The average Bonchev–Trinajstić information content (AvgIpc) is 3.64. The summed E-state index contributed by atoms with van der Waals surface area (Å²) < 4.78 is 36.7. The van der Waals surface area contributed by atoms with Crippen LogP contribution in [0.4, 0.5) is 0 Å². The predicted octanol–water partition coefficient (Wildman–Crippen LogP) is 1.77. The number of fused-ring (bicyclic) bond motifs is 1. The summed E-state index contributed by atoms with van der Waals surface area (Å²) in [4.78, 5) is 20.4. The Morgan fingerprint density at radius 1 is 1.12 bits per heavy atom. The van der Waals surface area contributed by atoms with Crippen LogP contribution in [0.15, 0.2) is 58.5 Å². The van der Waals surface area contributed by atoms with Crippen molar-refractivity contribution in [3.05, 3.63) is 75.6 Å². The molecule has 0 aliphatic carbocycles. The molecule has 206 valence electrons. The zero-order chi connectivity index (χ0) is 27.9. The molecule has 0 spiro atoms. The van der Waals surface area contributed by atoms with Crippen molar-refractivity contribution in [3.63, 3.8) is 0 Å². The van der Waals surface area contributed by atoms with Gasteiger partial charge in [0.25, 0.3) is 5.56 Å². The maximum Gasteiger partial charge on any atom is 0.281 e. The monoisotopic (exact) mass is 582 g/mol. The van der Waals surface area contributed by atoms with Crippen LogP contribution < -0.4 is 10.3 Å². The maximum atomic E-state index is 13.5. The molecule has 0 radical (unpaired) electrons. The molecule has 6 rings (SSSR count). The Bertz CT molecular complexity index is 1850. The zero-order valence-electron chi connectivity index (χ0n) is 21.2. The van der Waals surface area contributed by atoms with Crippen molar-refractivity contribution >= 4 is 32.8 Å². The number of aromatic nitrogens is 9. The predicted molar refractivity (Wildman–Crippen MR) is 143 cm³/mol. The minimum Gasteiger partial charge on any atom is -0.494 e. The molecule has 1 fully saturated rings. The van der Waals surface area contributed by atoms with E-state index in [9.17, 15) is 13.2 Å². The van der Waals surface area contributed by atoms with Gasteiger partial charge in [0, 0.05) is 30.1 Å². The number of piperidine rings is 1. The number of rotatable bonds is 7. The summed E-state index contributed by atoms with van der Waals surface area (Å²) in [7, 11) is -2.35. The number of methoxy groups -OCH3 is 1. The first-order valence-electron chi connectivity index (χ1n) is 12.3. The third-order valence-corrected chi connectivity index (χ3v) is 8.97. The van der Waals surface area contributed by atoms with Crippen LogP contribution in [-0.4, -0.2) is 78.1 Å². The van der Waals surface area contributed by atoms with E-state index < -0.39 is 10.0 Å². The van der Waals surface area contributed by atoms with Crippen molar-refractivity contribution in [3.8, 4) is 11.4 Å². The summed E-state index contributed by atoms with van der Waals surface area (Å²) in [5.74, 6) is 0.660. The minimum atomic E-state index is -3.80. The summed E-state index contributed by atoms with van der Waals surface area (Å²) in [6, 6.07) is 11.9. The quantitative estimate of drug-likeness (QED) is 0.299. The average molecular weight is 583 g/mol. The number of halogens is 1. The lowest BCUT2D eigenvalue weighted by atomic mass is 9.97. The molecule has 1 aliphatic rings. The van der Waals surface area contributed by atoms with Gasteiger partial charge in [-0.15, -0.1) is 10.2 Å². The molecule has 40 heavy (non-hydrogen) atoms. The summed E-state index contributed by atoms with van der Waals surface area (Å²) >= 11 is 6.10. The molecule has 4 heterocycles. The first kappa shape index (κ1) is 26.0. The van der Waals surface area contributed by atoms with Crippen LogP contribution in [0.25, 0.3) is 16.9 Å². The van der Waals surface area contributed by atoms with E-state index in [1.165, 1.54) is 34.6 Å². The lowest BCUT2D eigenvalue weighted by molar-refractivity contribution is 0.313. The molecule has 14 nitrogen and oxygen atoms in total. The van der Waals surface area contributed by atoms with Gasteiger partial charge in [-0.05, 0) is 53.1 Å². The second kappa shape index (κ2) is 10.4. The molecule has 5 aromatic rings. The Hall–Kier alpha value is -4.21. The van der Waals surface area contributed by atoms with Crippen molar-refractivity contribution in [2.75, 3.05) is 20.2 Å². The van der Waals surface area contributed by atoms with Crippen LogP contribution in [0, 0.1) is 0 Å². The van der Waals surface area contributed by atoms with Crippen LogP contribution in [0.2, 0.25) is 5.02 Å². The number of ether oxygens (including phenoxy) is 1. The number of hydrogen-bond donors (Lipinski definition) is 1. The second-order valence-electron chi connectivity index (χ2n) is 9.27. The highest BCUT2D eigenvalue weighted by molar-refractivity contribution is 7.89. The van der Waals surface area contributed by atoms with Gasteiger partial charge < -0.3 is 9.72 Å². The van der Waals surface area contributed by atoms with E-state index in [-0.39, 0.29) is 35.0 Å². The number of aromatic amines is 1. The topological polar surface area (TPSA) is 167 Å². The van der Waals surface area contributed by atoms with Gasteiger partial charge in [0.1, 0.15) is 23.6 Å². The van der Waals surface area contributed by atoms with E-state index in [0.717, 1.165) is 5.56 Å². The Morgan fingerprint density at radius 3 is 2.67 bits per heavy atom. The van der Waals surface area contributed by atoms with Crippen molar-refractivity contribution < 1.29 is 13.2 Å². The summed E-state index contributed by atoms with van der Waals surface area (Å²) in [5.41, 5.74) is 1.53. The standard InChI is InChI=1S/C24H23ClN10O4S/c1-39-20-12-18(5-6-19(20)35-14-26-30-32-35)40(37,38)33-9-7-16(8-10-33)22-27-23-21(24(36)28-22)29-31-34(23)13-15-3-2-4-17(25)11-15/h2-6,11-12,14,16H,7-10,13H2,1H3,(H,27,28,36). The fourth-order valence-electron chi connectivity index (χ4n) is 4.79. The third kappa shape index (κ3) is 4.82. The molecule has 0 bridgehead atoms. The summed E-state index contributed by atoms with van der Waals surface area (Å²) in [5, 5.41) is 19.8. The molecule has 0 saturated carbocycles. The molecule has 3 aromatic heterocycles. The normalized spacial score (nSPS) is 15.1. The third-order valence-electron chi connectivity index (χ3n) is 6.84. The number of nitrogens with one attached hydrogen (secondary N) is 1. The number of sulfonamides is 1. The highest BCUT2D eigenvalue weighted by Gasteiger charge is 2.32. The molecule has 0 amide bonds. The molecule has 1 N–H and O–H groups in total. The number of benzene rings is 2. The largest absolute Gasteiger partial charge is 0.494 e. The minimum absolute atomic E-state index is 0.101.